The van der Waals surface area contributed by atoms with Crippen LogP contribution in [0, 0.1) is 11.8 Å². The molecule has 1 aromatic rings. The predicted octanol–water partition coefficient (Wildman–Crippen LogP) is 3.58. The van der Waals surface area contributed by atoms with Crippen LogP contribution < -0.4 is 0 Å². The highest BCUT2D eigenvalue weighted by Crippen LogP contribution is 2.20. The second-order valence-corrected chi connectivity index (χ2v) is 6.97. The molecule has 0 amide bonds. The first-order chi connectivity index (χ1) is 13.6. The molecule has 5 heteroatoms. The lowest BCUT2D eigenvalue weighted by Crippen LogP contribution is -2.35. The highest BCUT2D eigenvalue weighted by atomic mass is 16.1. The highest BCUT2D eigenvalue weighted by Gasteiger charge is 2.15. The molecule has 0 aliphatic carbocycles. The first kappa shape index (κ1) is 21.6. The second-order valence-electron chi connectivity index (χ2n) is 6.97. The van der Waals surface area contributed by atoms with Gasteiger partial charge in [-0.25, -0.2) is 4.99 Å². The Balaban J connectivity index is 2.33. The zero-order valence-corrected chi connectivity index (χ0v) is 17.4. The van der Waals surface area contributed by atoms with Crippen molar-refractivity contribution in [3.63, 3.8) is 0 Å². The van der Waals surface area contributed by atoms with E-state index in [0.29, 0.717) is 11.3 Å². The minimum atomic E-state index is 0.571. The Hall–Kier alpha value is -2.71. The maximum Gasteiger partial charge on any atom is 0.152 e. The van der Waals surface area contributed by atoms with Crippen LogP contribution in [0.25, 0.3) is 0 Å². The van der Waals surface area contributed by atoms with Crippen molar-refractivity contribution < 1.29 is 4.79 Å². The molecule has 0 aromatic heterocycles. The topological polar surface area (TPSA) is 48.3 Å². The number of aldehydes is 1. The number of allylic oxidation sites excluding steroid dienone is 2. The average Bonchev–Trinajstić information content (AvgIpc) is 3.21. The number of aliphatic imine (C=N–C) groups is 2. The SMILES string of the molecule is CC/C=C\C(C#Cc1ccc(C=O)c(N=C(CN2CCCC2)N(C)C)c1)=NC. The predicted molar refractivity (Wildman–Crippen MR) is 118 cm³/mol. The summed E-state index contributed by atoms with van der Waals surface area (Å²) >= 11 is 0. The number of likely N-dealkylation sites (tertiary alicyclic amines) is 1. The van der Waals surface area contributed by atoms with Crippen molar-refractivity contribution >= 4 is 23.5 Å². The fourth-order valence-corrected chi connectivity index (χ4v) is 2.91. The first-order valence-corrected chi connectivity index (χ1v) is 9.79. The Bertz CT molecular complexity index is 819. The van der Waals surface area contributed by atoms with Crippen molar-refractivity contribution in [1.82, 2.24) is 9.80 Å². The van der Waals surface area contributed by atoms with E-state index in [1.54, 1.807) is 13.1 Å². The molecule has 1 fully saturated rings. The second kappa shape index (κ2) is 11.2. The number of benzene rings is 1. The number of likely N-dealkylation sites (N-methyl/N-ethyl adjacent to an activating group) is 1. The largest absolute Gasteiger partial charge is 0.365 e. The van der Waals surface area contributed by atoms with Crippen molar-refractivity contribution in [2.45, 2.75) is 26.2 Å². The van der Waals surface area contributed by atoms with Crippen LogP contribution in [0.3, 0.4) is 0 Å². The smallest absolute Gasteiger partial charge is 0.152 e. The molecule has 148 valence electrons. The number of carbonyl (C=O) groups is 1. The van der Waals surface area contributed by atoms with Gasteiger partial charge in [0.2, 0.25) is 0 Å². The molecule has 0 spiro atoms. The third-order valence-electron chi connectivity index (χ3n) is 4.57. The summed E-state index contributed by atoms with van der Waals surface area (Å²) in [6, 6.07) is 5.51. The molecule has 28 heavy (non-hydrogen) atoms. The number of amidine groups is 1. The van der Waals surface area contributed by atoms with Gasteiger partial charge in [0.1, 0.15) is 11.5 Å². The molecule has 0 unspecified atom stereocenters. The van der Waals surface area contributed by atoms with E-state index in [1.807, 2.05) is 43.3 Å². The van der Waals surface area contributed by atoms with Crippen molar-refractivity contribution in [2.75, 3.05) is 40.8 Å². The molecule has 1 heterocycles. The van der Waals surface area contributed by atoms with Gasteiger partial charge in [0.05, 0.1) is 12.2 Å². The molecule has 0 saturated carbocycles. The maximum atomic E-state index is 11.5. The Labute approximate surface area is 168 Å². The van der Waals surface area contributed by atoms with Gasteiger partial charge in [0.25, 0.3) is 0 Å². The molecule has 1 saturated heterocycles. The molecule has 0 atom stereocenters. The van der Waals surface area contributed by atoms with E-state index in [9.17, 15) is 4.79 Å². The minimum Gasteiger partial charge on any atom is -0.365 e. The molecule has 1 aliphatic rings. The molecule has 0 N–H and O–H groups in total. The van der Waals surface area contributed by atoms with Gasteiger partial charge >= 0.3 is 0 Å². The van der Waals surface area contributed by atoms with Gasteiger partial charge in [-0.3, -0.25) is 14.7 Å². The minimum absolute atomic E-state index is 0.571. The zero-order chi connectivity index (χ0) is 20.4. The highest BCUT2D eigenvalue weighted by molar-refractivity contribution is 6.09. The van der Waals surface area contributed by atoms with Gasteiger partial charge in [-0.1, -0.05) is 18.9 Å². The number of rotatable bonds is 6. The van der Waals surface area contributed by atoms with Gasteiger partial charge < -0.3 is 4.90 Å². The summed E-state index contributed by atoms with van der Waals surface area (Å²) in [5, 5.41) is 0. The Morgan fingerprint density at radius 3 is 2.64 bits per heavy atom. The molecule has 1 aromatic carbocycles. The van der Waals surface area contributed by atoms with Gasteiger partial charge in [0.15, 0.2) is 6.29 Å². The van der Waals surface area contributed by atoms with Crippen LogP contribution >= 0.6 is 0 Å². The number of hydrogen-bond acceptors (Lipinski definition) is 4. The zero-order valence-electron chi connectivity index (χ0n) is 17.4. The average molecular weight is 379 g/mol. The normalized spacial score (nSPS) is 15.6. The van der Waals surface area contributed by atoms with Gasteiger partial charge in [-0.05, 0) is 62.5 Å². The summed E-state index contributed by atoms with van der Waals surface area (Å²) in [6.45, 7) is 5.06. The van der Waals surface area contributed by atoms with Crippen LogP contribution in [-0.4, -0.2) is 68.4 Å². The summed E-state index contributed by atoms with van der Waals surface area (Å²) in [7, 11) is 5.71. The molecule has 1 aliphatic heterocycles. The lowest BCUT2D eigenvalue weighted by atomic mass is 10.1. The van der Waals surface area contributed by atoms with Crippen LogP contribution in [0.1, 0.15) is 42.1 Å². The van der Waals surface area contributed by atoms with Crippen molar-refractivity contribution in [3.8, 4) is 11.8 Å². The third-order valence-corrected chi connectivity index (χ3v) is 4.57. The van der Waals surface area contributed by atoms with Gasteiger partial charge in [-0.15, -0.1) is 0 Å². The van der Waals surface area contributed by atoms with Crippen LogP contribution in [0.4, 0.5) is 5.69 Å². The summed E-state index contributed by atoms with van der Waals surface area (Å²) in [4.78, 5) is 24.9. The molecular weight excluding hydrogens is 348 g/mol. The molecule has 0 bridgehead atoms. The van der Waals surface area contributed by atoms with Gasteiger partial charge in [0, 0.05) is 32.3 Å². The summed E-state index contributed by atoms with van der Waals surface area (Å²) in [5.41, 5.74) is 2.77. The number of nitrogens with zero attached hydrogens (tertiary/aromatic N) is 4. The quantitative estimate of drug-likeness (QED) is 0.329. The number of hydrogen-bond donors (Lipinski definition) is 0. The van der Waals surface area contributed by atoms with Crippen molar-refractivity contribution in [3.05, 3.63) is 41.5 Å². The van der Waals surface area contributed by atoms with E-state index in [1.165, 1.54) is 12.8 Å². The van der Waals surface area contributed by atoms with E-state index in [4.69, 9.17) is 4.99 Å². The third kappa shape index (κ3) is 6.47. The Morgan fingerprint density at radius 1 is 1.29 bits per heavy atom. The molecule has 2 rings (SSSR count). The Morgan fingerprint density at radius 2 is 2.04 bits per heavy atom. The maximum absolute atomic E-state index is 11.5. The Kier molecular flexibility index (Phi) is 8.64. The van der Waals surface area contributed by atoms with E-state index < -0.39 is 0 Å². The lowest BCUT2D eigenvalue weighted by Gasteiger charge is -2.22. The van der Waals surface area contributed by atoms with E-state index in [-0.39, 0.29) is 0 Å². The number of carbonyl (C=O) groups excluding carboxylic acids is 1. The lowest BCUT2D eigenvalue weighted by molar-refractivity contribution is 0.112. The standard InChI is InChI=1S/C23H30N4O/c1-5-6-9-21(24-2)13-11-19-10-12-20(18-28)22(16-19)25-23(26(3)4)17-27-14-7-8-15-27/h6,9-10,12,16,18H,5,7-8,14-15,17H2,1-4H3/b9-6-,24-21?,25-23?. The van der Waals surface area contributed by atoms with Crippen LogP contribution in [0.2, 0.25) is 0 Å². The van der Waals surface area contributed by atoms with E-state index >= 15 is 0 Å². The summed E-state index contributed by atoms with van der Waals surface area (Å²) in [6.07, 6.45) is 8.22. The van der Waals surface area contributed by atoms with E-state index in [0.717, 1.165) is 49.5 Å². The molecule has 5 nitrogen and oxygen atoms in total. The fourth-order valence-electron chi connectivity index (χ4n) is 2.91. The van der Waals surface area contributed by atoms with E-state index in [2.05, 4.69) is 28.7 Å². The van der Waals surface area contributed by atoms with Crippen molar-refractivity contribution in [2.24, 2.45) is 9.98 Å². The molecular formula is C23H30N4O. The monoisotopic (exact) mass is 378 g/mol. The van der Waals surface area contributed by atoms with Crippen molar-refractivity contribution in [1.29, 1.82) is 0 Å². The van der Waals surface area contributed by atoms with Crippen LogP contribution in [-0.2, 0) is 0 Å². The summed E-state index contributed by atoms with van der Waals surface area (Å²) in [5.74, 6) is 7.15. The fraction of sp³-hybridized carbons (Fsp3) is 0.435. The summed E-state index contributed by atoms with van der Waals surface area (Å²) < 4.78 is 0. The van der Waals surface area contributed by atoms with Gasteiger partial charge in [-0.2, -0.15) is 0 Å². The molecule has 0 radical (unpaired) electrons. The van der Waals surface area contributed by atoms with Crippen LogP contribution in [0.5, 0.6) is 0 Å². The first-order valence-electron chi connectivity index (χ1n) is 9.79. The van der Waals surface area contributed by atoms with Crippen LogP contribution in [0.15, 0.2) is 40.3 Å².